The van der Waals surface area contributed by atoms with Crippen molar-refractivity contribution >= 4 is 13.7 Å². The van der Waals surface area contributed by atoms with Crippen molar-refractivity contribution in [2.75, 3.05) is 6.61 Å². The smallest absolute Gasteiger partial charge is 0.388 e. The van der Waals surface area contributed by atoms with Gasteiger partial charge in [-0.15, -0.1) is 0 Å². The summed E-state index contributed by atoms with van der Waals surface area (Å²) < 4.78 is 19.5. The number of ether oxygens (including phenoxy) is 1. The molecule has 21 heavy (non-hydrogen) atoms. The molecule has 0 aromatic heterocycles. The number of phosphoric ester groups is 1. The summed E-state index contributed by atoms with van der Waals surface area (Å²) in [6, 6.07) is -1.25. The van der Waals surface area contributed by atoms with Crippen molar-refractivity contribution in [1.82, 2.24) is 5.32 Å². The summed E-state index contributed by atoms with van der Waals surface area (Å²) in [5.74, 6) is -0.552. The maximum atomic E-state index is 10.9. The van der Waals surface area contributed by atoms with E-state index in [0.717, 1.165) is 6.92 Å². The zero-order chi connectivity index (χ0) is 14.8. The van der Waals surface area contributed by atoms with Crippen LogP contribution < -0.4 is 64.4 Å². The summed E-state index contributed by atoms with van der Waals surface area (Å²) in [7, 11) is -4.76. The molecule has 6 N–H and O–H groups in total. The SMILES string of the molecule is CC(=O)N[C@H]1C(O)O[C@H](COP(=O)(O)O)[C@@H](O)[C@@H]1O.[Na+].[Na+]. The molecule has 1 fully saturated rings. The van der Waals surface area contributed by atoms with E-state index in [4.69, 9.17) is 14.5 Å². The Hall–Kier alpha value is 1.42. The van der Waals surface area contributed by atoms with Crippen LogP contribution in [0, 0.1) is 0 Å². The van der Waals surface area contributed by atoms with Crippen LogP contribution in [0.15, 0.2) is 0 Å². The summed E-state index contributed by atoms with van der Waals surface area (Å²) in [5.41, 5.74) is 0. The molecular formula is C8H16NNa2O9P+2. The fraction of sp³-hybridized carbons (Fsp3) is 0.875. The van der Waals surface area contributed by atoms with Crippen LogP contribution in [-0.4, -0.2) is 68.3 Å². The van der Waals surface area contributed by atoms with Crippen molar-refractivity contribution in [2.45, 2.75) is 37.6 Å². The van der Waals surface area contributed by atoms with Crippen LogP contribution in [0.3, 0.4) is 0 Å². The summed E-state index contributed by atoms with van der Waals surface area (Å²) >= 11 is 0. The van der Waals surface area contributed by atoms with Gasteiger partial charge in [0.1, 0.15) is 24.4 Å². The number of aliphatic hydroxyl groups excluding tert-OH is 3. The van der Waals surface area contributed by atoms with Gasteiger partial charge >= 0.3 is 66.9 Å². The Bertz CT molecular complexity index is 381. The zero-order valence-electron chi connectivity index (χ0n) is 11.9. The van der Waals surface area contributed by atoms with E-state index >= 15 is 0 Å². The molecule has 5 atom stereocenters. The van der Waals surface area contributed by atoms with Crippen LogP contribution in [0.2, 0.25) is 0 Å². The second-order valence-electron chi connectivity index (χ2n) is 4.06. The van der Waals surface area contributed by atoms with E-state index in [2.05, 4.69) is 9.84 Å². The third kappa shape index (κ3) is 8.18. The first-order chi connectivity index (χ1) is 8.61. The van der Waals surface area contributed by atoms with E-state index < -0.39 is 51.0 Å². The maximum absolute atomic E-state index is 10.9. The zero-order valence-corrected chi connectivity index (χ0v) is 16.8. The van der Waals surface area contributed by atoms with Crippen molar-refractivity contribution in [3.8, 4) is 0 Å². The van der Waals surface area contributed by atoms with Gasteiger partial charge in [-0.05, 0) is 0 Å². The first-order valence-electron chi connectivity index (χ1n) is 5.28. The van der Waals surface area contributed by atoms with Crippen molar-refractivity contribution < 1.29 is 103 Å². The Morgan fingerprint density at radius 1 is 1.24 bits per heavy atom. The monoisotopic (exact) mass is 347 g/mol. The van der Waals surface area contributed by atoms with E-state index in [1.807, 2.05) is 0 Å². The van der Waals surface area contributed by atoms with Gasteiger partial charge in [0.2, 0.25) is 5.91 Å². The summed E-state index contributed by atoms with van der Waals surface area (Å²) in [5, 5.41) is 31.1. The molecule has 1 amide bonds. The average Bonchev–Trinajstić information content (AvgIpc) is 2.26. The molecule has 10 nitrogen and oxygen atoms in total. The van der Waals surface area contributed by atoms with Crippen LogP contribution in [0.4, 0.5) is 0 Å². The molecule has 13 heteroatoms. The molecule has 1 rings (SSSR count). The molecule has 0 aliphatic carbocycles. The van der Waals surface area contributed by atoms with Crippen LogP contribution in [0.25, 0.3) is 0 Å². The standard InChI is InChI=1S/C8H16NO9P.2Na/c1-3(10)9-5-7(12)6(11)4(18-8(5)13)2-17-19(14,15)16;;/h4-8,11-13H,2H2,1H3,(H,9,10)(H2,14,15,16);;/q;2*+1/t4-,5-,6-,7-,8?;;/m1../s1. The number of aliphatic hydroxyl groups is 3. The van der Waals surface area contributed by atoms with E-state index in [-0.39, 0.29) is 59.1 Å². The Labute approximate surface area is 165 Å². The predicted molar refractivity (Wildman–Crippen MR) is 58.5 cm³/mol. The van der Waals surface area contributed by atoms with Gasteiger partial charge in [-0.1, -0.05) is 0 Å². The molecule has 1 unspecified atom stereocenters. The van der Waals surface area contributed by atoms with Gasteiger partial charge in [0.05, 0.1) is 6.61 Å². The van der Waals surface area contributed by atoms with E-state index in [0.29, 0.717) is 0 Å². The molecule has 1 aliphatic rings. The third-order valence-electron chi connectivity index (χ3n) is 2.50. The van der Waals surface area contributed by atoms with Crippen molar-refractivity contribution in [3.63, 3.8) is 0 Å². The van der Waals surface area contributed by atoms with Crippen LogP contribution in [0.1, 0.15) is 6.92 Å². The molecule has 0 aromatic rings. The van der Waals surface area contributed by atoms with Crippen LogP contribution in [0.5, 0.6) is 0 Å². The Kier molecular flexibility index (Phi) is 12.1. The molecular weight excluding hydrogens is 331 g/mol. The first kappa shape index (κ1) is 24.7. The Balaban J connectivity index is 0. The van der Waals surface area contributed by atoms with Gasteiger partial charge in [-0.25, -0.2) is 4.57 Å². The quantitative estimate of drug-likeness (QED) is 0.214. The predicted octanol–water partition coefficient (Wildman–Crippen LogP) is -8.95. The summed E-state index contributed by atoms with van der Waals surface area (Å²) in [4.78, 5) is 27.9. The number of rotatable bonds is 4. The third-order valence-corrected chi connectivity index (χ3v) is 2.98. The van der Waals surface area contributed by atoms with E-state index in [9.17, 15) is 24.7 Å². The molecule has 0 bridgehead atoms. The molecule has 1 heterocycles. The van der Waals surface area contributed by atoms with Crippen molar-refractivity contribution in [1.29, 1.82) is 0 Å². The number of carbonyl (C=O) groups excluding carboxylic acids is 1. The summed E-state index contributed by atoms with van der Waals surface area (Å²) in [6.45, 7) is 0.418. The molecule has 1 aliphatic heterocycles. The van der Waals surface area contributed by atoms with Crippen molar-refractivity contribution in [3.05, 3.63) is 0 Å². The minimum atomic E-state index is -4.76. The van der Waals surface area contributed by atoms with Gasteiger partial charge in [0, 0.05) is 6.92 Å². The topological polar surface area (TPSA) is 166 Å². The van der Waals surface area contributed by atoms with Crippen molar-refractivity contribution in [2.24, 2.45) is 0 Å². The van der Waals surface area contributed by atoms with Gasteiger partial charge in [-0.2, -0.15) is 0 Å². The molecule has 0 radical (unpaired) electrons. The molecule has 1 saturated heterocycles. The van der Waals surface area contributed by atoms with Gasteiger partial charge < -0.3 is 35.2 Å². The first-order valence-corrected chi connectivity index (χ1v) is 6.81. The fourth-order valence-corrected chi connectivity index (χ4v) is 1.99. The molecule has 0 aromatic carbocycles. The van der Waals surface area contributed by atoms with Gasteiger partial charge in [0.25, 0.3) is 0 Å². The average molecular weight is 347 g/mol. The maximum Gasteiger partial charge on any atom is 1.00 e. The Morgan fingerprint density at radius 2 is 1.76 bits per heavy atom. The molecule has 112 valence electrons. The molecule has 0 spiro atoms. The largest absolute Gasteiger partial charge is 1.00 e. The minimum absolute atomic E-state index is 0. The number of hydrogen-bond donors (Lipinski definition) is 6. The summed E-state index contributed by atoms with van der Waals surface area (Å²) in [6.07, 6.45) is -6.15. The van der Waals surface area contributed by atoms with Crippen LogP contribution >= 0.6 is 7.82 Å². The normalized spacial score (nSPS) is 32.6. The van der Waals surface area contributed by atoms with Gasteiger partial charge in [-0.3, -0.25) is 9.32 Å². The number of amides is 1. The second-order valence-corrected chi connectivity index (χ2v) is 5.30. The van der Waals surface area contributed by atoms with Gasteiger partial charge in [0.15, 0.2) is 6.29 Å². The Morgan fingerprint density at radius 3 is 2.19 bits per heavy atom. The molecule has 0 saturated carbocycles. The number of nitrogens with one attached hydrogen (secondary N) is 1. The van der Waals surface area contributed by atoms with Crippen LogP contribution in [-0.2, 0) is 18.6 Å². The van der Waals surface area contributed by atoms with E-state index in [1.165, 1.54) is 0 Å². The number of hydrogen-bond acceptors (Lipinski definition) is 7. The van der Waals surface area contributed by atoms with E-state index in [1.54, 1.807) is 0 Å². The fourth-order valence-electron chi connectivity index (χ4n) is 1.65. The number of carbonyl (C=O) groups is 1. The second kappa shape index (κ2) is 10.3. The minimum Gasteiger partial charge on any atom is -0.388 e. The number of phosphoric acid groups is 1.